The highest BCUT2D eigenvalue weighted by Gasteiger charge is 2.30. The summed E-state index contributed by atoms with van der Waals surface area (Å²) in [6.07, 6.45) is -0.313. The Morgan fingerprint density at radius 2 is 1.70 bits per heavy atom. The van der Waals surface area contributed by atoms with E-state index < -0.39 is 16.6 Å². The van der Waals surface area contributed by atoms with Crippen molar-refractivity contribution in [2.75, 3.05) is 33.8 Å². The van der Waals surface area contributed by atoms with Gasteiger partial charge >= 0.3 is 0 Å². The highest BCUT2D eigenvalue weighted by atomic mass is 28.4. The smallest absolute Gasteiger partial charge is 0.252 e. The molecule has 0 bridgehead atoms. The van der Waals surface area contributed by atoms with Gasteiger partial charge in [-0.15, -0.1) is 0 Å². The van der Waals surface area contributed by atoms with Gasteiger partial charge in [0.05, 0.1) is 17.2 Å². The van der Waals surface area contributed by atoms with Gasteiger partial charge in [0.25, 0.3) is 5.91 Å². The first-order valence-corrected chi connectivity index (χ1v) is 18.4. The first-order valence-electron chi connectivity index (χ1n) is 11.6. The van der Waals surface area contributed by atoms with E-state index in [4.69, 9.17) is 13.6 Å². The number of hydrogen-bond donors (Lipinski definition) is 1. The number of para-hydroxylation sites is 1. The summed E-state index contributed by atoms with van der Waals surface area (Å²) >= 11 is 0. The van der Waals surface area contributed by atoms with Crippen LogP contribution in [-0.4, -0.2) is 78.4 Å². The van der Waals surface area contributed by atoms with Crippen molar-refractivity contribution >= 4 is 33.4 Å². The number of aromatic nitrogens is 1. The van der Waals surface area contributed by atoms with E-state index in [1.165, 1.54) is 0 Å². The highest BCUT2D eigenvalue weighted by molar-refractivity contribution is 6.70. The summed E-state index contributed by atoms with van der Waals surface area (Å²) < 4.78 is 18.8. The number of nitrogens with one attached hydrogen (secondary N) is 1. The number of likely N-dealkylation sites (N-methyl/N-ethyl adjacent to an activating group) is 1. The predicted molar refractivity (Wildman–Crippen MR) is 140 cm³/mol. The summed E-state index contributed by atoms with van der Waals surface area (Å²) in [5, 5.41) is 3.79. The Hall–Kier alpha value is -1.79. The summed E-state index contributed by atoms with van der Waals surface area (Å²) in [4.78, 5) is 19.6. The zero-order valence-electron chi connectivity index (χ0n) is 21.7. The lowest BCUT2D eigenvalue weighted by Crippen LogP contribution is -2.46. The van der Waals surface area contributed by atoms with E-state index in [2.05, 4.69) is 49.6 Å². The van der Waals surface area contributed by atoms with Gasteiger partial charge in [-0.3, -0.25) is 4.79 Å². The first kappa shape index (κ1) is 27.5. The predicted octanol–water partition coefficient (Wildman–Crippen LogP) is 4.37. The molecule has 0 fully saturated rings. The normalized spacial score (nSPS) is 14.4. The van der Waals surface area contributed by atoms with E-state index in [0.717, 1.165) is 17.4 Å². The number of fused-ring (bicyclic) bond motifs is 1. The van der Waals surface area contributed by atoms with Gasteiger partial charge in [0.15, 0.2) is 16.6 Å². The van der Waals surface area contributed by atoms with Crippen LogP contribution in [0.3, 0.4) is 0 Å². The second-order valence-corrected chi connectivity index (χ2v) is 19.5. The molecule has 1 N–H and O–H groups in total. The number of amides is 1. The van der Waals surface area contributed by atoms with Crippen molar-refractivity contribution in [3.8, 4) is 5.88 Å². The van der Waals surface area contributed by atoms with Crippen LogP contribution in [0.1, 0.15) is 17.3 Å². The molecule has 0 aliphatic carbocycles. The number of carbonyl (C=O) groups excluding carboxylic acids is 1. The van der Waals surface area contributed by atoms with Gasteiger partial charge in [-0.25, -0.2) is 4.98 Å². The number of hydrogen-bond acceptors (Lipinski definition) is 6. The van der Waals surface area contributed by atoms with Gasteiger partial charge in [0, 0.05) is 24.5 Å². The Morgan fingerprint density at radius 1 is 1.06 bits per heavy atom. The second-order valence-electron chi connectivity index (χ2n) is 10.6. The maximum atomic E-state index is 12.9. The molecule has 1 heterocycles. The minimum Gasteiger partial charge on any atom is -0.475 e. The van der Waals surface area contributed by atoms with Crippen LogP contribution < -0.4 is 10.1 Å². The molecule has 1 aromatic carbocycles. The number of nitrogens with zero attached hydrogens (tertiary/aromatic N) is 2. The molecule has 9 heteroatoms. The Labute approximate surface area is 201 Å². The van der Waals surface area contributed by atoms with Crippen molar-refractivity contribution in [2.45, 2.75) is 58.4 Å². The molecule has 184 valence electrons. The third kappa shape index (κ3) is 9.54. The molecule has 2 aromatic rings. The van der Waals surface area contributed by atoms with Crippen LogP contribution in [-0.2, 0) is 8.85 Å². The zero-order chi connectivity index (χ0) is 24.8. The molecule has 7 nitrogen and oxygen atoms in total. The number of benzene rings is 1. The molecule has 2 atom stereocenters. The van der Waals surface area contributed by atoms with E-state index in [1.807, 2.05) is 50.2 Å². The Kier molecular flexibility index (Phi) is 9.63. The van der Waals surface area contributed by atoms with Crippen molar-refractivity contribution in [2.24, 2.45) is 0 Å². The lowest BCUT2D eigenvalue weighted by Gasteiger charge is -2.34. The largest absolute Gasteiger partial charge is 0.475 e. The van der Waals surface area contributed by atoms with E-state index in [1.54, 1.807) is 6.07 Å². The van der Waals surface area contributed by atoms with E-state index in [-0.39, 0.29) is 18.1 Å². The third-order valence-corrected chi connectivity index (χ3v) is 6.83. The molecule has 1 aromatic heterocycles. The van der Waals surface area contributed by atoms with Crippen molar-refractivity contribution in [3.05, 3.63) is 35.9 Å². The molecular weight excluding hydrogens is 450 g/mol. The molecule has 0 saturated carbocycles. The highest BCUT2D eigenvalue weighted by Crippen LogP contribution is 2.23. The number of pyridine rings is 1. The van der Waals surface area contributed by atoms with Crippen LogP contribution in [0.4, 0.5) is 0 Å². The second kappa shape index (κ2) is 11.6. The van der Waals surface area contributed by atoms with Gasteiger partial charge in [-0.1, -0.05) is 18.2 Å². The third-order valence-electron chi connectivity index (χ3n) is 4.75. The van der Waals surface area contributed by atoms with Crippen molar-refractivity contribution in [3.63, 3.8) is 0 Å². The Morgan fingerprint density at radius 3 is 2.30 bits per heavy atom. The molecule has 0 aliphatic heterocycles. The fourth-order valence-corrected chi connectivity index (χ4v) is 5.86. The molecule has 1 amide bonds. The standard InChI is InChI=1S/C24H41N3O4Si2/c1-18(30-32(4,5)6)22(31-33(7,8)9)17-29-23-16-20(24(28)25-14-15-27(2)3)19-12-10-11-13-21(19)26-23/h10-13,16,18,22H,14-15,17H2,1-9H3,(H,25,28). The van der Waals surface area contributed by atoms with Gasteiger partial charge < -0.3 is 23.8 Å². The number of carbonyl (C=O) groups is 1. The number of ether oxygens (including phenoxy) is 1. The Balaban J connectivity index is 2.25. The van der Waals surface area contributed by atoms with E-state index in [0.29, 0.717) is 24.6 Å². The van der Waals surface area contributed by atoms with E-state index in [9.17, 15) is 4.79 Å². The van der Waals surface area contributed by atoms with Gasteiger partial charge in [0.1, 0.15) is 12.7 Å². The monoisotopic (exact) mass is 491 g/mol. The molecule has 0 radical (unpaired) electrons. The van der Waals surface area contributed by atoms with E-state index >= 15 is 0 Å². The summed E-state index contributed by atoms with van der Waals surface area (Å²) in [7, 11) is 0.389. The minimum absolute atomic E-state index is 0.0994. The van der Waals surface area contributed by atoms with Crippen LogP contribution in [0, 0.1) is 0 Å². The average Bonchev–Trinajstić information content (AvgIpc) is 2.67. The minimum atomic E-state index is -1.83. The maximum Gasteiger partial charge on any atom is 0.252 e. The van der Waals surface area contributed by atoms with Crippen molar-refractivity contribution in [1.29, 1.82) is 0 Å². The summed E-state index contributed by atoms with van der Waals surface area (Å²) in [5.41, 5.74) is 1.28. The Bertz CT molecular complexity index is 926. The first-order chi connectivity index (χ1) is 15.2. The van der Waals surface area contributed by atoms with Crippen molar-refractivity contribution < 1.29 is 18.4 Å². The van der Waals surface area contributed by atoms with Crippen LogP contribution in [0.25, 0.3) is 10.9 Å². The quantitative estimate of drug-likeness (QED) is 0.445. The van der Waals surface area contributed by atoms with Crippen LogP contribution in [0.15, 0.2) is 30.3 Å². The lowest BCUT2D eigenvalue weighted by molar-refractivity contribution is 0.0224. The number of rotatable bonds is 12. The van der Waals surface area contributed by atoms with Crippen molar-refractivity contribution in [1.82, 2.24) is 15.2 Å². The summed E-state index contributed by atoms with van der Waals surface area (Å²) in [5.74, 6) is 0.279. The summed E-state index contributed by atoms with van der Waals surface area (Å²) in [6, 6.07) is 9.35. The van der Waals surface area contributed by atoms with Gasteiger partial charge in [-0.05, 0) is 66.4 Å². The molecule has 2 unspecified atom stereocenters. The van der Waals surface area contributed by atoms with Crippen LogP contribution in [0.2, 0.25) is 39.3 Å². The lowest BCUT2D eigenvalue weighted by atomic mass is 10.1. The van der Waals surface area contributed by atoms with Crippen LogP contribution >= 0.6 is 0 Å². The molecule has 2 rings (SSSR count). The van der Waals surface area contributed by atoms with Gasteiger partial charge in [0.2, 0.25) is 5.88 Å². The molecular formula is C24H41N3O4Si2. The fourth-order valence-electron chi connectivity index (χ4n) is 3.42. The maximum absolute atomic E-state index is 12.9. The average molecular weight is 492 g/mol. The van der Waals surface area contributed by atoms with Gasteiger partial charge in [-0.2, -0.15) is 0 Å². The topological polar surface area (TPSA) is 72.9 Å². The zero-order valence-corrected chi connectivity index (χ0v) is 23.7. The molecule has 0 aliphatic rings. The molecule has 0 spiro atoms. The summed E-state index contributed by atoms with van der Waals surface area (Å²) in [6.45, 7) is 16.7. The fraction of sp³-hybridized carbons (Fsp3) is 0.583. The SMILES string of the molecule is CC(O[Si](C)(C)C)C(COc1cc(C(=O)NCCN(C)C)c2ccccc2n1)O[Si](C)(C)C. The molecule has 33 heavy (non-hydrogen) atoms. The van der Waals surface area contributed by atoms with Crippen LogP contribution in [0.5, 0.6) is 5.88 Å². The molecule has 0 saturated heterocycles.